The van der Waals surface area contributed by atoms with E-state index in [1.165, 1.54) is 23.3 Å². The quantitative estimate of drug-likeness (QED) is 0.336. The van der Waals surface area contributed by atoms with Gasteiger partial charge in [0.05, 0.1) is 12.1 Å². The zero-order valence-electron chi connectivity index (χ0n) is 21.7. The molecule has 10 heteroatoms. The molecule has 0 aromatic heterocycles. The first-order valence-electron chi connectivity index (χ1n) is 14.2. The van der Waals surface area contributed by atoms with Crippen molar-refractivity contribution in [1.82, 2.24) is 15.1 Å². The Balaban J connectivity index is 1.14. The van der Waals surface area contributed by atoms with E-state index in [-0.39, 0.29) is 36.7 Å². The van der Waals surface area contributed by atoms with Crippen molar-refractivity contribution in [3.8, 4) is 0 Å². The molecule has 1 N–H and O–H groups in total. The fraction of sp³-hybridized carbons (Fsp3) is 0.679. The minimum absolute atomic E-state index is 0.0109. The number of rotatable bonds is 7. The molecule has 4 atom stereocenters. The number of ketones is 1. The molecule has 5 aliphatic rings. The minimum atomic E-state index is -0.760. The first-order valence-corrected chi connectivity index (χ1v) is 14.2. The average Bonchev–Trinajstić information content (AvgIpc) is 3.33. The molecule has 5 fully saturated rings. The maximum absolute atomic E-state index is 13.8. The Bertz CT molecular complexity index is 1120. The number of azide groups is 1. The molecular weight excluding hydrogens is 484 g/mol. The summed E-state index contributed by atoms with van der Waals surface area (Å²) in [6.07, 6.45) is 8.08. The molecule has 202 valence electrons. The van der Waals surface area contributed by atoms with Crippen LogP contribution in [0.4, 0.5) is 0 Å². The normalized spacial score (nSPS) is 29.2. The topological polar surface area (TPSA) is 128 Å². The number of nitrogens with zero attached hydrogens (tertiary/aromatic N) is 5. The largest absolute Gasteiger partial charge is 0.367 e. The highest BCUT2D eigenvalue weighted by atomic mass is 16.5. The lowest BCUT2D eigenvalue weighted by molar-refractivity contribution is -0.139. The van der Waals surface area contributed by atoms with Gasteiger partial charge in [-0.05, 0) is 86.7 Å². The van der Waals surface area contributed by atoms with Crippen molar-refractivity contribution in [1.29, 1.82) is 0 Å². The highest BCUT2D eigenvalue weighted by molar-refractivity contribution is 5.99. The number of Topliss-reactive ketones (excluding diaryl/α,β-unsaturated/α-hetero) is 1. The summed E-state index contributed by atoms with van der Waals surface area (Å²) in [5.41, 5.74) is 10.8. The number of hydrogen-bond donors (Lipinski definition) is 1. The molecule has 38 heavy (non-hydrogen) atoms. The van der Waals surface area contributed by atoms with Crippen LogP contribution in [0.2, 0.25) is 0 Å². The van der Waals surface area contributed by atoms with Crippen molar-refractivity contribution in [3.63, 3.8) is 0 Å². The molecule has 1 aromatic carbocycles. The van der Waals surface area contributed by atoms with Crippen LogP contribution >= 0.6 is 0 Å². The number of likely N-dealkylation sites (tertiary alicyclic amines) is 2. The van der Waals surface area contributed by atoms with Crippen LogP contribution in [0.1, 0.15) is 73.2 Å². The first kappa shape index (κ1) is 25.3. The summed E-state index contributed by atoms with van der Waals surface area (Å²) in [4.78, 5) is 46.8. The van der Waals surface area contributed by atoms with Gasteiger partial charge in [-0.15, -0.1) is 0 Å². The number of carbonyl (C=O) groups is 3. The van der Waals surface area contributed by atoms with Gasteiger partial charge < -0.3 is 19.9 Å². The van der Waals surface area contributed by atoms with Gasteiger partial charge in [-0.3, -0.25) is 14.4 Å². The van der Waals surface area contributed by atoms with Crippen LogP contribution in [-0.4, -0.2) is 83.9 Å². The Morgan fingerprint density at radius 1 is 1.05 bits per heavy atom. The molecule has 0 spiro atoms. The summed E-state index contributed by atoms with van der Waals surface area (Å²) in [5.74, 6) is -0.213. The summed E-state index contributed by atoms with van der Waals surface area (Å²) >= 11 is 0. The number of carbonyl (C=O) groups excluding carboxylic acids is 3. The molecule has 6 rings (SSSR count). The summed E-state index contributed by atoms with van der Waals surface area (Å²) in [6.45, 7) is 2.32. The molecule has 0 unspecified atom stereocenters. The number of nitrogens with one attached hydrogen (secondary N) is 1. The lowest BCUT2D eigenvalue weighted by atomic mass is 9.89. The van der Waals surface area contributed by atoms with Crippen LogP contribution in [0, 0.1) is 5.92 Å². The van der Waals surface area contributed by atoms with Gasteiger partial charge in [0.15, 0.2) is 5.78 Å². The summed E-state index contributed by atoms with van der Waals surface area (Å²) in [6, 6.07) is 6.57. The summed E-state index contributed by atoms with van der Waals surface area (Å²) in [5, 5.41) is 6.81. The molecule has 10 nitrogen and oxygen atoms in total. The van der Waals surface area contributed by atoms with Gasteiger partial charge >= 0.3 is 0 Å². The monoisotopic (exact) mass is 520 g/mol. The lowest BCUT2D eigenvalue weighted by Crippen LogP contribution is -2.54. The molecule has 2 amide bonds. The maximum atomic E-state index is 13.8. The molecule has 3 saturated heterocycles. The average molecular weight is 521 g/mol. The Labute approximate surface area is 222 Å². The molecular formula is C28H36N6O4. The fourth-order valence-electron chi connectivity index (χ4n) is 7.04. The number of benzene rings is 1. The van der Waals surface area contributed by atoms with Gasteiger partial charge in [-0.1, -0.05) is 30.1 Å². The van der Waals surface area contributed by atoms with Crippen LogP contribution in [0.15, 0.2) is 29.4 Å². The third-order valence-electron chi connectivity index (χ3n) is 9.30. The number of amides is 2. The van der Waals surface area contributed by atoms with E-state index in [2.05, 4.69) is 32.4 Å². The summed E-state index contributed by atoms with van der Waals surface area (Å²) < 4.78 is 5.57. The van der Waals surface area contributed by atoms with Gasteiger partial charge in [0.1, 0.15) is 18.7 Å². The first-order chi connectivity index (χ1) is 18.5. The van der Waals surface area contributed by atoms with Crippen LogP contribution < -0.4 is 5.32 Å². The smallest absolute Gasteiger partial charge is 0.251 e. The predicted molar refractivity (Wildman–Crippen MR) is 139 cm³/mol. The van der Waals surface area contributed by atoms with Gasteiger partial charge in [-0.2, -0.15) is 0 Å². The van der Waals surface area contributed by atoms with Crippen molar-refractivity contribution < 1.29 is 19.1 Å². The molecule has 3 aliphatic heterocycles. The van der Waals surface area contributed by atoms with Crippen LogP contribution in [0.25, 0.3) is 10.4 Å². The van der Waals surface area contributed by atoms with Crippen LogP contribution in [0.5, 0.6) is 0 Å². The lowest BCUT2D eigenvalue weighted by Gasteiger charge is -2.32. The number of piperidine rings is 1. The van der Waals surface area contributed by atoms with Crippen LogP contribution in [-0.2, 0) is 14.3 Å². The Morgan fingerprint density at radius 3 is 2.42 bits per heavy atom. The third-order valence-corrected chi connectivity index (χ3v) is 9.30. The van der Waals surface area contributed by atoms with Crippen molar-refractivity contribution in [2.45, 2.75) is 87.6 Å². The van der Waals surface area contributed by atoms with E-state index in [0.29, 0.717) is 11.5 Å². The molecule has 1 aromatic rings. The van der Waals surface area contributed by atoms with E-state index in [4.69, 9.17) is 10.3 Å². The van der Waals surface area contributed by atoms with E-state index in [9.17, 15) is 14.4 Å². The maximum Gasteiger partial charge on any atom is 0.251 e. The van der Waals surface area contributed by atoms with Crippen molar-refractivity contribution in [3.05, 3.63) is 45.8 Å². The SMILES string of the molecule is [N-]=[N+]=N[C@@H]1CN(C(=O)[C@@H](NC(=O)c2ccc(C3CCN(C4CC4)CC3)cc2)C2CCCC2)[C@@H]2C(=O)CO[C@@H]21. The van der Waals surface area contributed by atoms with Crippen molar-refractivity contribution in [2.75, 3.05) is 26.2 Å². The van der Waals surface area contributed by atoms with E-state index < -0.39 is 24.2 Å². The van der Waals surface area contributed by atoms with E-state index in [0.717, 1.165) is 57.7 Å². The van der Waals surface area contributed by atoms with E-state index >= 15 is 0 Å². The summed E-state index contributed by atoms with van der Waals surface area (Å²) in [7, 11) is 0. The van der Waals surface area contributed by atoms with Crippen LogP contribution in [0.3, 0.4) is 0 Å². The highest BCUT2D eigenvalue weighted by Crippen LogP contribution is 2.36. The Kier molecular flexibility index (Phi) is 7.12. The van der Waals surface area contributed by atoms with Gasteiger partial charge in [-0.25, -0.2) is 0 Å². The minimum Gasteiger partial charge on any atom is -0.367 e. The molecule has 0 radical (unpaired) electrons. The second-order valence-corrected chi connectivity index (χ2v) is 11.6. The number of fused-ring (bicyclic) bond motifs is 1. The fourth-order valence-corrected chi connectivity index (χ4v) is 7.04. The van der Waals surface area contributed by atoms with Gasteiger partial charge in [0, 0.05) is 23.1 Å². The van der Waals surface area contributed by atoms with Gasteiger partial charge in [0.25, 0.3) is 5.91 Å². The van der Waals surface area contributed by atoms with Crippen molar-refractivity contribution in [2.24, 2.45) is 11.0 Å². The van der Waals surface area contributed by atoms with E-state index in [1.54, 1.807) is 0 Å². The zero-order valence-corrected chi connectivity index (χ0v) is 21.7. The van der Waals surface area contributed by atoms with Crippen molar-refractivity contribution >= 4 is 17.6 Å². The molecule has 2 saturated carbocycles. The molecule has 2 aliphatic carbocycles. The third kappa shape index (κ3) is 4.93. The second-order valence-electron chi connectivity index (χ2n) is 11.6. The number of ether oxygens (including phenoxy) is 1. The zero-order chi connectivity index (χ0) is 26.2. The second kappa shape index (κ2) is 10.7. The van der Waals surface area contributed by atoms with Gasteiger partial charge in [0.2, 0.25) is 5.91 Å². The standard InChI is InChI=1S/C28H36N6O4/c29-32-31-22-15-34(25-23(35)16-38-26(22)25)28(37)24(19-3-1-2-4-19)30-27(36)20-7-5-17(6-8-20)18-11-13-33(14-12-18)21-9-10-21/h5-8,18-19,21-22,24-26H,1-4,9-16H2,(H,30,36)/t22-,24+,25-,26-/m1/s1. The highest BCUT2D eigenvalue weighted by Gasteiger charge is 2.53. The van der Waals surface area contributed by atoms with E-state index in [1.807, 2.05) is 12.1 Å². The Hall–Kier alpha value is -2.94. The molecule has 0 bridgehead atoms. The molecule has 3 heterocycles. The number of hydrogen-bond acceptors (Lipinski definition) is 6. The Morgan fingerprint density at radius 2 is 1.76 bits per heavy atom. The predicted octanol–water partition coefficient (Wildman–Crippen LogP) is 3.17.